The van der Waals surface area contributed by atoms with Crippen LogP contribution in [0.4, 0.5) is 0 Å². The molecule has 2 heterocycles. The number of hydrogen-bond acceptors (Lipinski definition) is 3. The van der Waals surface area contributed by atoms with Crippen LogP contribution < -0.4 is 0 Å². The first-order valence-electron chi connectivity index (χ1n) is 7.92. The molecule has 4 heteroatoms. The zero-order valence-electron chi connectivity index (χ0n) is 13.6. The van der Waals surface area contributed by atoms with Gasteiger partial charge in [0.1, 0.15) is 0 Å². The van der Waals surface area contributed by atoms with Crippen molar-refractivity contribution in [1.82, 2.24) is 0 Å². The quantitative estimate of drug-likeness (QED) is 0.615. The fraction of sp³-hybridized carbons (Fsp3) is 0.500. The number of carboxylic acids is 1. The number of aliphatic carboxylic acids is 1. The minimum Gasteiger partial charge on any atom is -0.481 e. The highest BCUT2D eigenvalue weighted by Crippen LogP contribution is 2.39. The van der Waals surface area contributed by atoms with Gasteiger partial charge in [-0.15, -0.1) is 22.7 Å². The Labute approximate surface area is 140 Å². The third-order valence-corrected chi connectivity index (χ3v) is 6.18. The van der Waals surface area contributed by atoms with Crippen LogP contribution in [0.2, 0.25) is 0 Å². The van der Waals surface area contributed by atoms with E-state index in [9.17, 15) is 4.79 Å². The Kier molecular flexibility index (Phi) is 6.21. The SMILES string of the molecule is CCCCCCc1cc(C)sc1-c1cc(CC(=O)O)c(C)s1. The van der Waals surface area contributed by atoms with Crippen molar-refractivity contribution in [1.29, 1.82) is 0 Å². The van der Waals surface area contributed by atoms with E-state index in [0.717, 1.165) is 16.9 Å². The molecule has 2 aromatic heterocycles. The minimum absolute atomic E-state index is 0.124. The summed E-state index contributed by atoms with van der Waals surface area (Å²) in [6.45, 7) is 6.41. The summed E-state index contributed by atoms with van der Waals surface area (Å²) in [4.78, 5) is 16.0. The van der Waals surface area contributed by atoms with E-state index in [1.807, 2.05) is 18.3 Å². The largest absolute Gasteiger partial charge is 0.481 e. The van der Waals surface area contributed by atoms with Gasteiger partial charge in [0.15, 0.2) is 0 Å². The molecule has 0 aromatic carbocycles. The van der Waals surface area contributed by atoms with E-state index in [-0.39, 0.29) is 6.42 Å². The first kappa shape index (κ1) is 17.2. The molecule has 0 radical (unpaired) electrons. The van der Waals surface area contributed by atoms with Crippen LogP contribution in [0.5, 0.6) is 0 Å². The lowest BCUT2D eigenvalue weighted by Crippen LogP contribution is -1.99. The second-order valence-electron chi connectivity index (χ2n) is 5.78. The third-order valence-electron chi connectivity index (χ3n) is 3.82. The van der Waals surface area contributed by atoms with Crippen molar-refractivity contribution in [2.45, 2.75) is 59.3 Å². The number of aryl methyl sites for hydroxylation is 3. The van der Waals surface area contributed by atoms with E-state index >= 15 is 0 Å². The summed E-state index contributed by atoms with van der Waals surface area (Å²) in [5.74, 6) is -0.755. The monoisotopic (exact) mass is 336 g/mol. The number of thiophene rings is 2. The molecule has 2 nitrogen and oxygen atoms in total. The fourth-order valence-electron chi connectivity index (χ4n) is 2.67. The van der Waals surface area contributed by atoms with E-state index < -0.39 is 5.97 Å². The van der Waals surface area contributed by atoms with Gasteiger partial charge < -0.3 is 5.11 Å². The molecule has 22 heavy (non-hydrogen) atoms. The fourth-order valence-corrected chi connectivity index (χ4v) is 4.92. The molecule has 0 amide bonds. The van der Waals surface area contributed by atoms with Gasteiger partial charge in [-0.25, -0.2) is 0 Å². The first-order valence-corrected chi connectivity index (χ1v) is 9.55. The minimum atomic E-state index is -0.755. The lowest BCUT2D eigenvalue weighted by Gasteiger charge is -2.02. The maximum atomic E-state index is 10.9. The van der Waals surface area contributed by atoms with E-state index in [2.05, 4.69) is 26.0 Å². The van der Waals surface area contributed by atoms with Crippen LogP contribution in [0.1, 0.15) is 53.5 Å². The molecule has 0 aliphatic heterocycles. The molecule has 120 valence electrons. The van der Waals surface area contributed by atoms with Gasteiger partial charge in [-0.1, -0.05) is 26.2 Å². The highest BCUT2D eigenvalue weighted by molar-refractivity contribution is 7.22. The maximum Gasteiger partial charge on any atom is 0.307 e. The molecule has 0 bridgehead atoms. The Balaban J connectivity index is 2.19. The standard InChI is InChI=1S/C18H24O2S2/c1-4-5-6-7-8-14-9-12(2)21-18(14)16-10-15(11-17(19)20)13(3)22-16/h9-10H,4-8,11H2,1-3H3,(H,19,20). The van der Waals surface area contributed by atoms with Gasteiger partial charge in [-0.3, -0.25) is 4.79 Å². The zero-order chi connectivity index (χ0) is 16.1. The molecule has 0 saturated carbocycles. The van der Waals surface area contributed by atoms with Crippen LogP contribution in [-0.2, 0) is 17.6 Å². The molecule has 0 unspecified atom stereocenters. The Hall–Kier alpha value is -1.13. The summed E-state index contributed by atoms with van der Waals surface area (Å²) >= 11 is 3.56. The van der Waals surface area contributed by atoms with E-state index in [0.29, 0.717) is 0 Å². The third kappa shape index (κ3) is 4.43. The van der Waals surface area contributed by atoms with Crippen LogP contribution >= 0.6 is 22.7 Å². The average molecular weight is 337 g/mol. The van der Waals surface area contributed by atoms with Crippen LogP contribution in [-0.4, -0.2) is 11.1 Å². The molecule has 0 saturated heterocycles. The van der Waals surface area contributed by atoms with Gasteiger partial charge in [-0.05, 0) is 49.9 Å². The molecule has 2 aromatic rings. The van der Waals surface area contributed by atoms with Crippen LogP contribution in [0.25, 0.3) is 9.75 Å². The van der Waals surface area contributed by atoms with Gasteiger partial charge in [0.05, 0.1) is 6.42 Å². The van der Waals surface area contributed by atoms with E-state index in [1.165, 1.54) is 45.9 Å². The number of rotatable bonds is 8. The van der Waals surface area contributed by atoms with E-state index in [4.69, 9.17) is 5.11 Å². The first-order chi connectivity index (χ1) is 10.5. The van der Waals surface area contributed by atoms with Crippen LogP contribution in [0.15, 0.2) is 12.1 Å². The van der Waals surface area contributed by atoms with Crippen molar-refractivity contribution in [3.05, 3.63) is 33.0 Å². The van der Waals surface area contributed by atoms with Crippen LogP contribution in [0, 0.1) is 13.8 Å². The van der Waals surface area contributed by atoms with Crippen molar-refractivity contribution in [3.8, 4) is 9.75 Å². The second kappa shape index (κ2) is 7.93. The van der Waals surface area contributed by atoms with Crippen molar-refractivity contribution >= 4 is 28.6 Å². The molecule has 0 aliphatic carbocycles. The smallest absolute Gasteiger partial charge is 0.307 e. The maximum absolute atomic E-state index is 10.9. The molecule has 2 rings (SSSR count). The van der Waals surface area contributed by atoms with Gasteiger partial charge >= 0.3 is 5.97 Å². The molecule has 0 atom stereocenters. The van der Waals surface area contributed by atoms with Crippen molar-refractivity contribution in [2.75, 3.05) is 0 Å². The van der Waals surface area contributed by atoms with Gasteiger partial charge in [-0.2, -0.15) is 0 Å². The summed E-state index contributed by atoms with van der Waals surface area (Å²) in [5.41, 5.74) is 2.39. The van der Waals surface area contributed by atoms with Crippen LogP contribution in [0.3, 0.4) is 0 Å². The lowest BCUT2D eigenvalue weighted by molar-refractivity contribution is -0.136. The number of carboxylic acid groups (broad SMARTS) is 1. The summed E-state index contributed by atoms with van der Waals surface area (Å²) < 4.78 is 0. The lowest BCUT2D eigenvalue weighted by atomic mass is 10.1. The summed E-state index contributed by atoms with van der Waals surface area (Å²) in [6, 6.07) is 4.38. The summed E-state index contributed by atoms with van der Waals surface area (Å²) in [7, 11) is 0. The predicted molar refractivity (Wildman–Crippen MR) is 96.3 cm³/mol. The van der Waals surface area contributed by atoms with Gasteiger partial charge in [0.2, 0.25) is 0 Å². The highest BCUT2D eigenvalue weighted by atomic mass is 32.1. The zero-order valence-corrected chi connectivity index (χ0v) is 15.2. The molecular weight excluding hydrogens is 312 g/mol. The van der Waals surface area contributed by atoms with Crippen molar-refractivity contribution in [2.24, 2.45) is 0 Å². The number of unbranched alkanes of at least 4 members (excludes halogenated alkanes) is 3. The topological polar surface area (TPSA) is 37.3 Å². The Morgan fingerprint density at radius 3 is 2.55 bits per heavy atom. The number of carbonyl (C=O) groups is 1. The predicted octanol–water partition coefficient (Wildman–Crippen LogP) is 5.84. The van der Waals surface area contributed by atoms with E-state index in [1.54, 1.807) is 11.3 Å². The van der Waals surface area contributed by atoms with Crippen molar-refractivity contribution < 1.29 is 9.90 Å². The molecule has 0 aliphatic rings. The molecule has 0 spiro atoms. The molecule has 0 fully saturated rings. The molecular formula is C18H24O2S2. The Morgan fingerprint density at radius 2 is 1.86 bits per heavy atom. The average Bonchev–Trinajstić information content (AvgIpc) is 2.98. The normalized spacial score (nSPS) is 11.0. The molecule has 1 N–H and O–H groups in total. The number of hydrogen-bond donors (Lipinski definition) is 1. The Bertz CT molecular complexity index is 638. The Morgan fingerprint density at radius 1 is 1.09 bits per heavy atom. The highest BCUT2D eigenvalue weighted by Gasteiger charge is 2.15. The summed E-state index contributed by atoms with van der Waals surface area (Å²) in [5, 5.41) is 9.00. The van der Waals surface area contributed by atoms with Gasteiger partial charge in [0.25, 0.3) is 0 Å². The summed E-state index contributed by atoms with van der Waals surface area (Å²) in [6.07, 6.45) is 6.35. The second-order valence-corrected chi connectivity index (χ2v) is 8.30. The van der Waals surface area contributed by atoms with Crippen molar-refractivity contribution in [3.63, 3.8) is 0 Å². The van der Waals surface area contributed by atoms with Gasteiger partial charge in [0, 0.05) is 19.5 Å².